The predicted octanol–water partition coefficient (Wildman–Crippen LogP) is 9.87. The predicted molar refractivity (Wildman–Crippen MR) is 216 cm³/mol. The zero-order chi connectivity index (χ0) is 33.6. The first-order valence-electron chi connectivity index (χ1n) is 17.2. The Kier molecular flexibility index (Phi) is 8.97. The van der Waals surface area contributed by atoms with Crippen molar-refractivity contribution in [2.75, 3.05) is 4.90 Å². The van der Waals surface area contributed by atoms with Crippen LogP contribution in [0, 0.1) is 0 Å². The largest absolute Gasteiger partial charge is 0.0602 e. The second-order valence-electron chi connectivity index (χ2n) is 12.6. The molecule has 0 aliphatic carbocycles. The van der Waals surface area contributed by atoms with Crippen LogP contribution in [0.2, 0.25) is 0 Å². The first-order valence-corrected chi connectivity index (χ1v) is 21.4. The molecule has 0 radical (unpaired) electrons. The van der Waals surface area contributed by atoms with Crippen molar-refractivity contribution < 1.29 is 0 Å². The van der Waals surface area contributed by atoms with Crippen LogP contribution in [0.1, 0.15) is 0 Å². The number of benzene rings is 8. The maximum atomic E-state index is 2.39. The standard InChI is InChI=1S/C48H37GeN/c1-6-16-42(17-7-1)49(43-18-8-2-9-19-43,44-20-10-3-11-21-44)45-34-30-40(31-35-45)38-26-28-39(29-27-38)41-32-36-48(37-33-41)50(46-22-12-4-13-23-46)47-24-14-5-15-25-47/h1-37H. The Labute approximate surface area is 298 Å². The average Bonchev–Trinajstić information content (AvgIpc) is 3.21. The van der Waals surface area contributed by atoms with Crippen LogP contribution in [0.3, 0.4) is 0 Å². The second kappa shape index (κ2) is 14.3. The second-order valence-corrected chi connectivity index (χ2v) is 20.5. The summed E-state index contributed by atoms with van der Waals surface area (Å²) in [6.45, 7) is 0. The van der Waals surface area contributed by atoms with E-state index in [4.69, 9.17) is 0 Å². The number of para-hydroxylation sites is 2. The van der Waals surface area contributed by atoms with Crippen LogP contribution in [0.25, 0.3) is 22.3 Å². The Bertz CT molecular complexity index is 2120. The van der Waals surface area contributed by atoms with Crippen LogP contribution < -0.4 is 22.5 Å². The van der Waals surface area contributed by atoms with Crippen LogP contribution in [0.15, 0.2) is 224 Å². The molecular weight excluding hydrogens is 663 g/mol. The minimum absolute atomic E-state index is 1.13. The zero-order valence-electron chi connectivity index (χ0n) is 27.8. The van der Waals surface area contributed by atoms with Crippen molar-refractivity contribution in [3.05, 3.63) is 224 Å². The molecule has 0 heterocycles. The number of rotatable bonds is 9. The maximum Gasteiger partial charge on any atom is -0.0380 e. The molecule has 1 nitrogen and oxygen atoms in total. The number of nitrogens with zero attached hydrogens (tertiary/aromatic N) is 1. The van der Waals surface area contributed by atoms with Crippen LogP contribution in [-0.2, 0) is 0 Å². The van der Waals surface area contributed by atoms with E-state index in [9.17, 15) is 0 Å². The summed E-state index contributed by atoms with van der Waals surface area (Å²) >= 11 is -3.27. The minimum atomic E-state index is -3.27. The summed E-state index contributed by atoms with van der Waals surface area (Å²) in [5.74, 6) is 0. The fourth-order valence-corrected chi connectivity index (χ4v) is 17.2. The molecule has 50 heavy (non-hydrogen) atoms. The van der Waals surface area contributed by atoms with Crippen LogP contribution in [0.5, 0.6) is 0 Å². The van der Waals surface area contributed by atoms with Gasteiger partial charge < -0.3 is 4.90 Å². The third-order valence-corrected chi connectivity index (χ3v) is 19.7. The van der Waals surface area contributed by atoms with Crippen LogP contribution >= 0.6 is 0 Å². The Morgan fingerprint density at radius 2 is 0.460 bits per heavy atom. The van der Waals surface area contributed by atoms with E-state index in [0.29, 0.717) is 0 Å². The van der Waals surface area contributed by atoms with E-state index in [1.807, 2.05) is 0 Å². The van der Waals surface area contributed by atoms with Gasteiger partial charge in [-0.3, -0.25) is 0 Å². The van der Waals surface area contributed by atoms with Gasteiger partial charge in [0, 0.05) is 11.4 Å². The van der Waals surface area contributed by atoms with E-state index >= 15 is 0 Å². The molecule has 238 valence electrons. The molecule has 0 saturated heterocycles. The summed E-state index contributed by atoms with van der Waals surface area (Å²) in [5.41, 5.74) is 8.25. The Balaban J connectivity index is 1.10. The third kappa shape index (κ3) is 6.09. The molecule has 0 aromatic heterocycles. The summed E-state index contributed by atoms with van der Waals surface area (Å²) in [7, 11) is 0. The third-order valence-electron chi connectivity index (χ3n) is 9.64. The SMILES string of the molecule is c1ccc(N(c2ccccc2)c2ccc(-c3ccc(-c4cc[c]([Ge]([c]5ccccc5)([c]5ccccc5)[c]5ccccc5)cc4)cc3)cc2)cc1. The molecule has 0 aliphatic rings. The fourth-order valence-electron chi connectivity index (χ4n) is 7.24. The van der Waals surface area contributed by atoms with Gasteiger partial charge >= 0.3 is 223 Å². The molecule has 8 aromatic carbocycles. The number of anilines is 3. The van der Waals surface area contributed by atoms with E-state index in [1.165, 1.54) is 39.8 Å². The first kappa shape index (κ1) is 31.4. The summed E-state index contributed by atoms with van der Waals surface area (Å²) in [5, 5.41) is 0. The van der Waals surface area contributed by atoms with Crippen LogP contribution in [-0.4, -0.2) is 13.3 Å². The van der Waals surface area contributed by atoms with E-state index in [0.717, 1.165) is 17.1 Å². The summed E-state index contributed by atoms with van der Waals surface area (Å²) in [4.78, 5) is 2.29. The van der Waals surface area contributed by atoms with Crippen molar-refractivity contribution in [1.82, 2.24) is 0 Å². The number of hydrogen-bond acceptors (Lipinski definition) is 1. The van der Waals surface area contributed by atoms with Crippen molar-refractivity contribution in [1.29, 1.82) is 0 Å². The number of hydrogen-bond donors (Lipinski definition) is 0. The van der Waals surface area contributed by atoms with Crippen molar-refractivity contribution in [2.45, 2.75) is 0 Å². The summed E-state index contributed by atoms with van der Waals surface area (Å²) in [6.07, 6.45) is 0. The van der Waals surface area contributed by atoms with Crippen molar-refractivity contribution in [3.8, 4) is 22.3 Å². The minimum Gasteiger partial charge on any atom is -0.0602 e. The molecule has 2 heteroatoms. The van der Waals surface area contributed by atoms with Crippen molar-refractivity contribution in [3.63, 3.8) is 0 Å². The van der Waals surface area contributed by atoms with E-state index in [2.05, 4.69) is 229 Å². The molecule has 0 unspecified atom stereocenters. The topological polar surface area (TPSA) is 3.24 Å². The molecule has 0 saturated carbocycles. The molecule has 8 aromatic rings. The van der Waals surface area contributed by atoms with Gasteiger partial charge in [-0.2, -0.15) is 0 Å². The van der Waals surface area contributed by atoms with Gasteiger partial charge in [-0.05, 0) is 24.3 Å². The van der Waals surface area contributed by atoms with Gasteiger partial charge in [-0.25, -0.2) is 0 Å². The molecule has 0 spiro atoms. The molecule has 8 rings (SSSR count). The van der Waals surface area contributed by atoms with Gasteiger partial charge in [0.2, 0.25) is 0 Å². The van der Waals surface area contributed by atoms with Gasteiger partial charge in [0.25, 0.3) is 0 Å². The van der Waals surface area contributed by atoms with E-state index in [-0.39, 0.29) is 0 Å². The van der Waals surface area contributed by atoms with Crippen molar-refractivity contribution in [2.24, 2.45) is 0 Å². The summed E-state index contributed by atoms with van der Waals surface area (Å²) in [6, 6.07) is 81.8. The molecule has 0 fully saturated rings. The van der Waals surface area contributed by atoms with Gasteiger partial charge in [-0.1, -0.05) is 36.4 Å². The molecule has 0 N–H and O–H groups in total. The molecular formula is C48H37GeN. The quantitative estimate of drug-likeness (QED) is 0.136. The van der Waals surface area contributed by atoms with Gasteiger partial charge in [0.1, 0.15) is 0 Å². The smallest absolute Gasteiger partial charge is 0.0380 e. The Morgan fingerprint density at radius 3 is 0.800 bits per heavy atom. The normalized spacial score (nSPS) is 11.2. The average molecular weight is 700 g/mol. The van der Waals surface area contributed by atoms with E-state index in [1.54, 1.807) is 0 Å². The summed E-state index contributed by atoms with van der Waals surface area (Å²) < 4.78 is 5.73. The molecule has 0 aliphatic heterocycles. The maximum absolute atomic E-state index is 3.27. The van der Waals surface area contributed by atoms with E-state index < -0.39 is 13.3 Å². The molecule has 0 amide bonds. The van der Waals surface area contributed by atoms with Gasteiger partial charge in [0.05, 0.1) is 0 Å². The van der Waals surface area contributed by atoms with Gasteiger partial charge in [-0.15, -0.1) is 0 Å². The first-order chi connectivity index (χ1) is 24.8. The Morgan fingerprint density at radius 1 is 0.220 bits per heavy atom. The van der Waals surface area contributed by atoms with Crippen molar-refractivity contribution >= 4 is 47.9 Å². The van der Waals surface area contributed by atoms with Gasteiger partial charge in [0.15, 0.2) is 0 Å². The molecule has 0 atom stereocenters. The molecule has 0 bridgehead atoms. The fraction of sp³-hybridized carbons (Fsp3) is 0. The van der Waals surface area contributed by atoms with Crippen LogP contribution in [0.4, 0.5) is 17.1 Å². The zero-order valence-corrected chi connectivity index (χ0v) is 29.9. The monoisotopic (exact) mass is 701 g/mol. The Hall–Kier alpha value is -5.90.